The van der Waals surface area contributed by atoms with Crippen LogP contribution in [0.15, 0.2) is 29.6 Å². The van der Waals surface area contributed by atoms with Gasteiger partial charge in [0.25, 0.3) is 0 Å². The molecule has 0 bridgehead atoms. The predicted molar refractivity (Wildman–Crippen MR) is 79.1 cm³/mol. The Kier molecular flexibility index (Phi) is 3.53. The predicted octanol–water partition coefficient (Wildman–Crippen LogP) is 3.88. The summed E-state index contributed by atoms with van der Waals surface area (Å²) in [5.74, 6) is 0.666. The van der Waals surface area contributed by atoms with Crippen LogP contribution in [0.1, 0.15) is 30.9 Å². The van der Waals surface area contributed by atoms with Crippen molar-refractivity contribution in [3.05, 3.63) is 34.7 Å². The number of anilines is 1. The van der Waals surface area contributed by atoms with Gasteiger partial charge < -0.3 is 10.5 Å². The van der Waals surface area contributed by atoms with Crippen molar-refractivity contribution < 1.29 is 4.74 Å². The molecule has 0 saturated heterocycles. The first-order valence-corrected chi connectivity index (χ1v) is 7.59. The first kappa shape index (κ1) is 12.6. The number of aromatic nitrogens is 1. The topological polar surface area (TPSA) is 48.1 Å². The molecule has 0 aliphatic heterocycles. The SMILES string of the molecule is CCOC(c1nc(-c2cccc(N)c2)cs1)C1CC1. The number of nitrogen functional groups attached to an aromatic ring is 1. The summed E-state index contributed by atoms with van der Waals surface area (Å²) in [5, 5.41) is 3.19. The summed E-state index contributed by atoms with van der Waals surface area (Å²) in [6.07, 6.45) is 2.71. The molecule has 1 unspecified atom stereocenters. The van der Waals surface area contributed by atoms with Gasteiger partial charge in [-0.3, -0.25) is 0 Å². The van der Waals surface area contributed by atoms with Crippen LogP contribution in [0.4, 0.5) is 5.69 Å². The Labute approximate surface area is 117 Å². The molecule has 100 valence electrons. The van der Waals surface area contributed by atoms with Crippen molar-refractivity contribution in [2.75, 3.05) is 12.3 Å². The molecule has 4 heteroatoms. The van der Waals surface area contributed by atoms with Crippen LogP contribution in [0.3, 0.4) is 0 Å². The molecule has 3 nitrogen and oxygen atoms in total. The van der Waals surface area contributed by atoms with Crippen molar-refractivity contribution in [1.82, 2.24) is 4.98 Å². The Bertz CT molecular complexity index is 563. The highest BCUT2D eigenvalue weighted by Gasteiger charge is 2.34. The van der Waals surface area contributed by atoms with Crippen molar-refractivity contribution in [2.24, 2.45) is 5.92 Å². The first-order valence-electron chi connectivity index (χ1n) is 6.71. The van der Waals surface area contributed by atoms with Gasteiger partial charge in [-0.1, -0.05) is 12.1 Å². The normalized spacial score (nSPS) is 16.5. The lowest BCUT2D eigenvalue weighted by molar-refractivity contribution is 0.0462. The van der Waals surface area contributed by atoms with Gasteiger partial charge >= 0.3 is 0 Å². The van der Waals surface area contributed by atoms with Gasteiger partial charge in [0.2, 0.25) is 0 Å². The summed E-state index contributed by atoms with van der Waals surface area (Å²) >= 11 is 1.69. The molecular formula is C15H18N2OS. The van der Waals surface area contributed by atoms with Gasteiger partial charge in [-0.05, 0) is 37.8 Å². The van der Waals surface area contributed by atoms with Gasteiger partial charge in [0.15, 0.2) is 0 Å². The highest BCUT2D eigenvalue weighted by molar-refractivity contribution is 7.10. The van der Waals surface area contributed by atoms with E-state index in [2.05, 4.69) is 5.38 Å². The van der Waals surface area contributed by atoms with Gasteiger partial charge in [0.1, 0.15) is 11.1 Å². The maximum absolute atomic E-state index is 5.85. The molecule has 0 radical (unpaired) electrons. The van der Waals surface area contributed by atoms with Crippen LogP contribution >= 0.6 is 11.3 Å². The van der Waals surface area contributed by atoms with Crippen LogP contribution < -0.4 is 5.73 Å². The summed E-state index contributed by atoms with van der Waals surface area (Å²) in [6.45, 7) is 2.79. The Balaban J connectivity index is 1.85. The molecule has 2 aromatic rings. The van der Waals surface area contributed by atoms with Crippen LogP contribution in [0.5, 0.6) is 0 Å². The van der Waals surface area contributed by atoms with E-state index in [1.807, 2.05) is 31.2 Å². The molecule has 1 atom stereocenters. The van der Waals surface area contributed by atoms with Crippen molar-refractivity contribution in [2.45, 2.75) is 25.9 Å². The van der Waals surface area contributed by atoms with Gasteiger partial charge in [0, 0.05) is 23.2 Å². The maximum Gasteiger partial charge on any atom is 0.122 e. The monoisotopic (exact) mass is 274 g/mol. The van der Waals surface area contributed by atoms with E-state index in [0.29, 0.717) is 5.92 Å². The highest BCUT2D eigenvalue weighted by atomic mass is 32.1. The Morgan fingerprint density at radius 3 is 3.00 bits per heavy atom. The lowest BCUT2D eigenvalue weighted by Crippen LogP contribution is -2.06. The van der Waals surface area contributed by atoms with Gasteiger partial charge in [0.05, 0.1) is 5.69 Å². The number of thiazole rings is 1. The Morgan fingerprint density at radius 2 is 2.32 bits per heavy atom. The van der Waals surface area contributed by atoms with Gasteiger partial charge in [-0.15, -0.1) is 11.3 Å². The molecule has 0 spiro atoms. The lowest BCUT2D eigenvalue weighted by Gasteiger charge is -2.12. The van der Waals surface area contributed by atoms with E-state index in [9.17, 15) is 0 Å². The fourth-order valence-electron chi connectivity index (χ4n) is 2.24. The maximum atomic E-state index is 5.85. The summed E-state index contributed by atoms with van der Waals surface area (Å²) < 4.78 is 5.85. The number of rotatable bonds is 5. The zero-order valence-electron chi connectivity index (χ0n) is 11.0. The number of ether oxygens (including phenoxy) is 1. The van der Waals surface area contributed by atoms with E-state index in [1.165, 1.54) is 12.8 Å². The second-order valence-corrected chi connectivity index (χ2v) is 5.80. The minimum absolute atomic E-state index is 0.185. The Hall–Kier alpha value is -1.39. The van der Waals surface area contributed by atoms with E-state index in [1.54, 1.807) is 11.3 Å². The molecule has 1 aromatic heterocycles. The third-order valence-corrected chi connectivity index (χ3v) is 4.25. The smallest absolute Gasteiger partial charge is 0.122 e. The van der Waals surface area contributed by atoms with Crippen molar-refractivity contribution >= 4 is 17.0 Å². The van der Waals surface area contributed by atoms with E-state index in [-0.39, 0.29) is 6.10 Å². The molecule has 2 N–H and O–H groups in total. The van der Waals surface area contributed by atoms with Crippen LogP contribution in [0.2, 0.25) is 0 Å². The Morgan fingerprint density at radius 1 is 1.47 bits per heavy atom. The van der Waals surface area contributed by atoms with Crippen molar-refractivity contribution in [3.63, 3.8) is 0 Å². The zero-order valence-corrected chi connectivity index (χ0v) is 11.8. The minimum Gasteiger partial charge on any atom is -0.399 e. The fourth-order valence-corrected chi connectivity index (χ4v) is 3.20. The average Bonchev–Trinajstić information content (AvgIpc) is 3.13. The molecule has 1 aromatic carbocycles. The van der Waals surface area contributed by atoms with Gasteiger partial charge in [-0.2, -0.15) is 0 Å². The molecule has 1 aliphatic rings. The largest absolute Gasteiger partial charge is 0.399 e. The molecule has 19 heavy (non-hydrogen) atoms. The average molecular weight is 274 g/mol. The highest BCUT2D eigenvalue weighted by Crippen LogP contribution is 2.44. The van der Waals surface area contributed by atoms with E-state index in [0.717, 1.165) is 28.6 Å². The first-order chi connectivity index (χ1) is 9.28. The minimum atomic E-state index is 0.185. The molecule has 1 saturated carbocycles. The lowest BCUT2D eigenvalue weighted by atomic mass is 10.1. The van der Waals surface area contributed by atoms with Crippen LogP contribution in [0, 0.1) is 5.92 Å². The number of nitrogens with zero attached hydrogens (tertiary/aromatic N) is 1. The van der Waals surface area contributed by atoms with E-state index < -0.39 is 0 Å². The summed E-state index contributed by atoms with van der Waals surface area (Å²) in [4.78, 5) is 4.74. The number of benzene rings is 1. The number of nitrogens with two attached hydrogens (primary N) is 1. The quantitative estimate of drug-likeness (QED) is 0.842. The summed E-state index contributed by atoms with van der Waals surface area (Å²) in [5.41, 5.74) is 8.67. The molecule has 1 aliphatic carbocycles. The van der Waals surface area contributed by atoms with Crippen molar-refractivity contribution in [1.29, 1.82) is 0 Å². The molecule has 1 heterocycles. The number of hydrogen-bond acceptors (Lipinski definition) is 4. The van der Waals surface area contributed by atoms with Crippen LogP contribution in [-0.4, -0.2) is 11.6 Å². The van der Waals surface area contributed by atoms with E-state index in [4.69, 9.17) is 15.5 Å². The second-order valence-electron chi connectivity index (χ2n) is 4.91. The van der Waals surface area contributed by atoms with E-state index >= 15 is 0 Å². The molecule has 3 rings (SSSR count). The third kappa shape index (κ3) is 2.80. The number of hydrogen-bond donors (Lipinski definition) is 1. The molecule has 1 fully saturated rings. The standard InChI is InChI=1S/C15H18N2OS/c1-2-18-14(10-6-7-10)15-17-13(9-19-15)11-4-3-5-12(16)8-11/h3-5,8-10,14H,2,6-7,16H2,1H3. The van der Waals surface area contributed by atoms with Gasteiger partial charge in [-0.25, -0.2) is 4.98 Å². The molecule has 0 amide bonds. The van der Waals surface area contributed by atoms with Crippen LogP contribution in [0.25, 0.3) is 11.3 Å². The third-order valence-electron chi connectivity index (χ3n) is 3.34. The zero-order chi connectivity index (χ0) is 13.2. The fraction of sp³-hybridized carbons (Fsp3) is 0.400. The summed E-state index contributed by atoms with van der Waals surface area (Å²) in [7, 11) is 0. The summed E-state index contributed by atoms with van der Waals surface area (Å²) in [6, 6.07) is 7.86. The molecular weight excluding hydrogens is 256 g/mol. The van der Waals surface area contributed by atoms with Crippen molar-refractivity contribution in [3.8, 4) is 11.3 Å². The second kappa shape index (κ2) is 5.31. The van der Waals surface area contributed by atoms with Crippen LogP contribution in [-0.2, 0) is 4.74 Å².